The Balaban J connectivity index is 1.68. The third-order valence-electron chi connectivity index (χ3n) is 4.58. The molecule has 152 valence electrons. The molecule has 0 aliphatic carbocycles. The molecule has 0 saturated carbocycles. The first-order valence-electron chi connectivity index (χ1n) is 8.58. The van der Waals surface area contributed by atoms with Gasteiger partial charge in [0.05, 0.1) is 30.9 Å². The van der Waals surface area contributed by atoms with E-state index in [-0.39, 0.29) is 31.1 Å². The Hall–Kier alpha value is -3.34. The molecule has 2 aromatic rings. The van der Waals surface area contributed by atoms with Crippen molar-refractivity contribution in [2.75, 3.05) is 36.1 Å². The number of aliphatic hydroxyl groups is 1. The number of carbonyl (C=O) groups is 2. The second-order valence-corrected chi connectivity index (χ2v) is 6.35. The number of ether oxygens (including phenoxy) is 2. The summed E-state index contributed by atoms with van der Waals surface area (Å²) in [5.41, 5.74) is -1.35. The number of nitrogens with zero attached hydrogens (tertiary/aromatic N) is 3. The van der Waals surface area contributed by atoms with Crippen LogP contribution in [0.5, 0.6) is 0 Å². The minimum absolute atomic E-state index is 0.0565. The highest BCUT2D eigenvalue weighted by Gasteiger charge is 2.35. The normalized spacial score (nSPS) is 19.0. The maximum atomic E-state index is 14.7. The number of hydrogen-bond donors (Lipinski definition) is 1. The lowest BCUT2D eigenvalue weighted by atomic mass is 10.0. The number of cyclic esters (lactones) is 2. The summed E-state index contributed by atoms with van der Waals surface area (Å²) in [6.07, 6.45) is -1.41. The highest BCUT2D eigenvalue weighted by Crippen LogP contribution is 2.35. The molecule has 2 aliphatic rings. The summed E-state index contributed by atoms with van der Waals surface area (Å²) in [4.78, 5) is 29.3. The van der Waals surface area contributed by atoms with Crippen molar-refractivity contribution in [1.29, 1.82) is 0 Å². The lowest BCUT2D eigenvalue weighted by molar-refractivity contribution is 0.0963. The Kier molecular flexibility index (Phi) is 4.74. The molecule has 1 aromatic heterocycles. The van der Waals surface area contributed by atoms with Crippen LogP contribution in [-0.4, -0.2) is 54.7 Å². The monoisotopic (exact) mass is 409 g/mol. The van der Waals surface area contributed by atoms with Crippen molar-refractivity contribution in [3.05, 3.63) is 41.8 Å². The van der Waals surface area contributed by atoms with Gasteiger partial charge in [-0.15, -0.1) is 0 Å². The van der Waals surface area contributed by atoms with Crippen LogP contribution in [-0.2, 0) is 9.47 Å². The first-order chi connectivity index (χ1) is 13.9. The second kappa shape index (κ2) is 7.24. The zero-order valence-corrected chi connectivity index (χ0v) is 14.8. The van der Waals surface area contributed by atoms with Crippen molar-refractivity contribution >= 4 is 23.7 Å². The van der Waals surface area contributed by atoms with E-state index in [1.54, 1.807) is 0 Å². The number of halogens is 3. The average molecular weight is 409 g/mol. The van der Waals surface area contributed by atoms with Crippen LogP contribution in [0.3, 0.4) is 0 Å². The summed E-state index contributed by atoms with van der Waals surface area (Å²) in [7, 11) is 0. The zero-order chi connectivity index (χ0) is 20.7. The van der Waals surface area contributed by atoms with E-state index in [0.717, 1.165) is 6.20 Å². The average Bonchev–Trinajstić information content (AvgIpc) is 3.30. The van der Waals surface area contributed by atoms with Gasteiger partial charge in [0.1, 0.15) is 24.3 Å². The van der Waals surface area contributed by atoms with Crippen molar-refractivity contribution < 1.29 is 37.3 Å². The van der Waals surface area contributed by atoms with Gasteiger partial charge in [-0.2, -0.15) is 0 Å². The minimum Gasteiger partial charge on any atom is -0.447 e. The Bertz CT molecular complexity index is 986. The fourth-order valence-electron chi connectivity index (χ4n) is 3.15. The molecule has 1 aromatic carbocycles. The highest BCUT2D eigenvalue weighted by atomic mass is 19.2. The molecule has 4 rings (SSSR count). The number of benzene rings is 1. The van der Waals surface area contributed by atoms with E-state index in [0.29, 0.717) is 11.0 Å². The zero-order valence-electron chi connectivity index (χ0n) is 14.8. The summed E-state index contributed by atoms with van der Waals surface area (Å²) < 4.78 is 53.5. The van der Waals surface area contributed by atoms with Gasteiger partial charge in [-0.3, -0.25) is 9.80 Å². The third-order valence-corrected chi connectivity index (χ3v) is 4.58. The van der Waals surface area contributed by atoms with Gasteiger partial charge < -0.3 is 14.6 Å². The van der Waals surface area contributed by atoms with Gasteiger partial charge in [-0.1, -0.05) is 0 Å². The number of aliphatic hydroxyl groups excluding tert-OH is 1. The molecule has 3 heterocycles. The molecular formula is C18H14F3N3O5. The summed E-state index contributed by atoms with van der Waals surface area (Å²) in [6.45, 7) is -0.256. The third kappa shape index (κ3) is 3.23. The molecule has 0 unspecified atom stereocenters. The predicted molar refractivity (Wildman–Crippen MR) is 92.9 cm³/mol. The molecular weight excluding hydrogens is 395 g/mol. The van der Waals surface area contributed by atoms with Crippen LogP contribution in [0.4, 0.5) is 34.3 Å². The Morgan fingerprint density at radius 3 is 2.52 bits per heavy atom. The molecule has 2 aliphatic heterocycles. The van der Waals surface area contributed by atoms with Gasteiger partial charge in [-0.25, -0.2) is 27.7 Å². The van der Waals surface area contributed by atoms with Crippen molar-refractivity contribution in [3.63, 3.8) is 0 Å². The molecule has 0 bridgehead atoms. The Labute approximate surface area is 162 Å². The van der Waals surface area contributed by atoms with Crippen LogP contribution >= 0.6 is 0 Å². The van der Waals surface area contributed by atoms with Crippen molar-refractivity contribution in [3.8, 4) is 11.1 Å². The fourth-order valence-corrected chi connectivity index (χ4v) is 3.15. The molecule has 8 nitrogen and oxygen atoms in total. The number of aromatic nitrogens is 1. The van der Waals surface area contributed by atoms with E-state index >= 15 is 0 Å². The number of carbonyl (C=O) groups excluding carboxylic acids is 2. The first-order valence-corrected chi connectivity index (χ1v) is 8.58. The van der Waals surface area contributed by atoms with E-state index in [1.807, 2.05) is 0 Å². The van der Waals surface area contributed by atoms with Crippen LogP contribution in [0.25, 0.3) is 11.1 Å². The Morgan fingerprint density at radius 1 is 1.14 bits per heavy atom. The number of amides is 2. The van der Waals surface area contributed by atoms with Crippen molar-refractivity contribution in [1.82, 2.24) is 4.98 Å². The summed E-state index contributed by atoms with van der Waals surface area (Å²) in [6, 6.07) is 3.33. The van der Waals surface area contributed by atoms with Gasteiger partial charge in [0.25, 0.3) is 0 Å². The predicted octanol–water partition coefficient (Wildman–Crippen LogP) is 2.44. The molecule has 11 heteroatoms. The number of anilines is 2. The first kappa shape index (κ1) is 19.0. The van der Waals surface area contributed by atoms with Crippen LogP contribution in [0.2, 0.25) is 0 Å². The topological polar surface area (TPSA) is 92.2 Å². The van der Waals surface area contributed by atoms with Crippen LogP contribution < -0.4 is 9.80 Å². The quantitative estimate of drug-likeness (QED) is 0.780. The second-order valence-electron chi connectivity index (χ2n) is 6.35. The maximum Gasteiger partial charge on any atom is 0.415 e. The SMILES string of the molecule is O=C1OCCN1c1ccc(-c2c(F)cc(N3C[C@H](CO)OC3=O)c(F)c2F)cn1. The lowest BCUT2D eigenvalue weighted by Gasteiger charge is -2.17. The van der Waals surface area contributed by atoms with Crippen LogP contribution in [0.1, 0.15) is 0 Å². The molecule has 2 saturated heterocycles. The number of pyridine rings is 1. The molecule has 1 N–H and O–H groups in total. The summed E-state index contributed by atoms with van der Waals surface area (Å²) in [5.74, 6) is -3.84. The van der Waals surface area contributed by atoms with E-state index in [4.69, 9.17) is 14.6 Å². The maximum absolute atomic E-state index is 14.7. The van der Waals surface area contributed by atoms with Gasteiger partial charge >= 0.3 is 12.2 Å². The summed E-state index contributed by atoms with van der Waals surface area (Å²) in [5, 5.41) is 9.05. The molecule has 0 radical (unpaired) electrons. The van der Waals surface area contributed by atoms with Gasteiger partial charge in [-0.05, 0) is 12.1 Å². The van der Waals surface area contributed by atoms with Gasteiger partial charge in [0, 0.05) is 17.8 Å². The number of hydrogen-bond acceptors (Lipinski definition) is 6. The van der Waals surface area contributed by atoms with E-state index in [9.17, 15) is 22.8 Å². The Morgan fingerprint density at radius 2 is 1.93 bits per heavy atom. The standard InChI is InChI=1S/C18H14F3N3O5/c19-11-5-12(24-7-10(8-25)29-18(24)27)15(20)16(21)14(11)9-1-2-13(22-6-9)23-3-4-28-17(23)26/h1-2,5-6,10,25H,3-4,7-8H2/t10-/m1/s1. The summed E-state index contributed by atoms with van der Waals surface area (Å²) >= 11 is 0. The molecule has 2 fully saturated rings. The van der Waals surface area contributed by atoms with E-state index < -0.39 is 53.6 Å². The van der Waals surface area contributed by atoms with Crippen molar-refractivity contribution in [2.24, 2.45) is 0 Å². The molecule has 29 heavy (non-hydrogen) atoms. The smallest absolute Gasteiger partial charge is 0.415 e. The highest BCUT2D eigenvalue weighted by molar-refractivity contribution is 5.91. The van der Waals surface area contributed by atoms with Gasteiger partial charge in [0.2, 0.25) is 0 Å². The van der Waals surface area contributed by atoms with E-state index in [2.05, 4.69) is 4.98 Å². The minimum atomic E-state index is -1.50. The van der Waals surface area contributed by atoms with Crippen LogP contribution in [0.15, 0.2) is 24.4 Å². The lowest BCUT2D eigenvalue weighted by Crippen LogP contribution is -2.27. The molecule has 2 amide bonds. The largest absolute Gasteiger partial charge is 0.447 e. The number of rotatable bonds is 4. The van der Waals surface area contributed by atoms with Crippen molar-refractivity contribution in [2.45, 2.75) is 6.10 Å². The van der Waals surface area contributed by atoms with Gasteiger partial charge in [0.15, 0.2) is 11.6 Å². The van der Waals surface area contributed by atoms with E-state index in [1.165, 1.54) is 17.0 Å². The van der Waals surface area contributed by atoms with Crippen LogP contribution in [0, 0.1) is 17.5 Å². The molecule has 0 spiro atoms. The molecule has 1 atom stereocenters. The fraction of sp³-hybridized carbons (Fsp3) is 0.278.